The zero-order chi connectivity index (χ0) is 12.5. The first-order valence-electron chi connectivity index (χ1n) is 5.73. The number of aryl methyl sites for hydroxylation is 1. The van der Waals surface area contributed by atoms with Crippen molar-refractivity contribution >= 4 is 22.6 Å². The van der Waals surface area contributed by atoms with Crippen LogP contribution in [0.1, 0.15) is 19.4 Å². The number of aromatic nitrogens is 2. The second-order valence-electron chi connectivity index (χ2n) is 5.00. The van der Waals surface area contributed by atoms with Crippen molar-refractivity contribution in [3.8, 4) is 0 Å². The quantitative estimate of drug-likeness (QED) is 0.669. The summed E-state index contributed by atoms with van der Waals surface area (Å²) in [6.07, 6.45) is 1.85. The van der Waals surface area contributed by atoms with Crippen molar-refractivity contribution in [2.45, 2.75) is 19.3 Å². The highest BCUT2D eigenvalue weighted by Crippen LogP contribution is 2.25. The maximum atomic E-state index is 5.67. The van der Waals surface area contributed by atoms with Gasteiger partial charge in [0.25, 0.3) is 0 Å². The molecule has 4 heteroatoms. The molecule has 0 unspecified atom stereocenters. The van der Waals surface area contributed by atoms with Gasteiger partial charge in [-0.25, -0.2) is 4.98 Å². The van der Waals surface area contributed by atoms with Crippen LogP contribution in [0, 0.1) is 0 Å². The van der Waals surface area contributed by atoms with E-state index in [9.17, 15) is 0 Å². The van der Waals surface area contributed by atoms with Crippen molar-refractivity contribution < 1.29 is 0 Å². The van der Waals surface area contributed by atoms with Gasteiger partial charge in [-0.2, -0.15) is 0 Å². The average Bonchev–Trinajstić information content (AvgIpc) is 2.68. The van der Waals surface area contributed by atoms with Crippen LogP contribution in [0.25, 0.3) is 11.0 Å². The van der Waals surface area contributed by atoms with Gasteiger partial charge in [0.2, 0.25) is 0 Å². The monoisotopic (exact) mass is 251 g/mol. The maximum Gasteiger partial charge on any atom is 0.0955 e. The van der Waals surface area contributed by atoms with E-state index >= 15 is 0 Å². The van der Waals surface area contributed by atoms with Crippen LogP contribution in [-0.4, -0.2) is 22.1 Å². The smallest absolute Gasteiger partial charge is 0.0955 e. The highest BCUT2D eigenvalue weighted by molar-refractivity contribution is 6.17. The summed E-state index contributed by atoms with van der Waals surface area (Å²) in [5, 5.41) is 3.18. The summed E-state index contributed by atoms with van der Waals surface area (Å²) in [6, 6.07) is 6.93. The summed E-state index contributed by atoms with van der Waals surface area (Å²) in [5.74, 6) is 0. The van der Waals surface area contributed by atoms with Gasteiger partial charge in [0.15, 0.2) is 0 Å². The molecular formula is C13H18ClN3. The lowest BCUT2D eigenvalue weighted by molar-refractivity contribution is 0.489. The number of nitrogens with zero attached hydrogens (tertiary/aromatic N) is 2. The molecule has 2 aromatic rings. The Hall–Kier alpha value is -1.06. The molecule has 0 saturated carbocycles. The van der Waals surface area contributed by atoms with Gasteiger partial charge in [-0.3, -0.25) is 0 Å². The minimum atomic E-state index is 0.0562. The molecular weight excluding hydrogens is 234 g/mol. The molecule has 0 atom stereocenters. The lowest BCUT2D eigenvalue weighted by Gasteiger charge is -2.25. The second-order valence-corrected chi connectivity index (χ2v) is 5.27. The number of imidazole rings is 1. The van der Waals surface area contributed by atoms with E-state index in [2.05, 4.69) is 42.3 Å². The van der Waals surface area contributed by atoms with Crippen molar-refractivity contribution in [3.63, 3.8) is 0 Å². The summed E-state index contributed by atoms with van der Waals surface area (Å²) < 4.78 is 2.03. The van der Waals surface area contributed by atoms with Gasteiger partial charge in [0.05, 0.1) is 23.4 Å². The van der Waals surface area contributed by atoms with Crippen molar-refractivity contribution in [2.24, 2.45) is 7.05 Å². The lowest BCUT2D eigenvalue weighted by atomic mass is 9.84. The van der Waals surface area contributed by atoms with E-state index in [1.165, 1.54) is 5.56 Å². The third-order valence-electron chi connectivity index (χ3n) is 3.17. The number of benzene rings is 1. The summed E-state index contributed by atoms with van der Waals surface area (Å²) in [4.78, 5) is 4.39. The molecule has 0 aliphatic carbocycles. The fourth-order valence-corrected chi connectivity index (χ4v) is 2.11. The number of fused-ring (bicyclic) bond motifs is 1. The van der Waals surface area contributed by atoms with Crippen molar-refractivity contribution in [1.29, 1.82) is 0 Å². The van der Waals surface area contributed by atoms with E-state index in [0.717, 1.165) is 17.6 Å². The Balaban J connectivity index is 2.35. The van der Waals surface area contributed by atoms with E-state index < -0.39 is 0 Å². The fourth-order valence-electron chi connectivity index (χ4n) is 2.02. The molecule has 0 saturated heterocycles. The maximum absolute atomic E-state index is 5.67. The first kappa shape index (κ1) is 12.4. The van der Waals surface area contributed by atoms with Gasteiger partial charge in [-0.1, -0.05) is 19.9 Å². The summed E-state index contributed by atoms with van der Waals surface area (Å²) in [5.41, 5.74) is 3.54. The third-order valence-corrected chi connectivity index (χ3v) is 3.36. The molecule has 1 N–H and O–H groups in total. The van der Waals surface area contributed by atoms with E-state index in [0.29, 0.717) is 6.00 Å². The molecule has 0 fully saturated rings. The van der Waals surface area contributed by atoms with Crippen LogP contribution in [0.4, 0.5) is 0 Å². The summed E-state index contributed by atoms with van der Waals surface area (Å²) in [7, 11) is 2.01. The zero-order valence-corrected chi connectivity index (χ0v) is 11.3. The Labute approximate surface area is 107 Å². The van der Waals surface area contributed by atoms with Gasteiger partial charge in [0, 0.05) is 19.0 Å². The highest BCUT2D eigenvalue weighted by Gasteiger charge is 2.20. The topological polar surface area (TPSA) is 29.9 Å². The number of alkyl halides is 1. The number of hydrogen-bond donors (Lipinski definition) is 1. The van der Waals surface area contributed by atoms with Gasteiger partial charge in [-0.05, 0) is 17.7 Å². The highest BCUT2D eigenvalue weighted by atomic mass is 35.5. The van der Waals surface area contributed by atoms with Crippen LogP contribution in [0.2, 0.25) is 0 Å². The predicted molar refractivity (Wildman–Crippen MR) is 72.5 cm³/mol. The van der Waals surface area contributed by atoms with Gasteiger partial charge in [0.1, 0.15) is 0 Å². The minimum absolute atomic E-state index is 0.0562. The number of rotatable bonds is 4. The molecule has 0 amide bonds. The average molecular weight is 252 g/mol. The molecule has 1 aromatic heterocycles. The predicted octanol–water partition coefficient (Wildman–Crippen LogP) is 2.64. The first-order valence-corrected chi connectivity index (χ1v) is 6.26. The standard InChI is InChI=1S/C13H18ClN3/c1-13(2,7-15-8-14)10-4-5-12-11(6-10)16-9-17(12)3/h4-6,9,15H,7-8H2,1-3H3. The summed E-state index contributed by atoms with van der Waals surface area (Å²) >= 11 is 5.67. The SMILES string of the molecule is Cn1cnc2cc(C(C)(C)CNCCl)ccc21. The number of hydrogen-bond acceptors (Lipinski definition) is 2. The molecule has 3 nitrogen and oxygen atoms in total. The van der Waals surface area contributed by atoms with Crippen molar-refractivity contribution in [3.05, 3.63) is 30.1 Å². The van der Waals surface area contributed by atoms with Crippen molar-refractivity contribution in [1.82, 2.24) is 14.9 Å². The van der Waals surface area contributed by atoms with Crippen LogP contribution in [0.3, 0.4) is 0 Å². The minimum Gasteiger partial charge on any atom is -0.334 e. The van der Waals surface area contributed by atoms with Crippen LogP contribution < -0.4 is 5.32 Å². The van der Waals surface area contributed by atoms with Crippen LogP contribution >= 0.6 is 11.6 Å². The second kappa shape index (κ2) is 4.67. The molecule has 0 spiro atoms. The molecule has 1 aromatic carbocycles. The van der Waals surface area contributed by atoms with Crippen LogP contribution in [-0.2, 0) is 12.5 Å². The Morgan fingerprint density at radius 2 is 2.18 bits per heavy atom. The van der Waals surface area contributed by atoms with Crippen LogP contribution in [0.15, 0.2) is 24.5 Å². The van der Waals surface area contributed by atoms with Gasteiger partial charge in [-0.15, -0.1) is 11.6 Å². The molecule has 0 aliphatic rings. The van der Waals surface area contributed by atoms with E-state index in [1.54, 1.807) is 0 Å². The van der Waals surface area contributed by atoms with E-state index in [4.69, 9.17) is 11.6 Å². The number of halogens is 1. The summed E-state index contributed by atoms with van der Waals surface area (Å²) in [6.45, 7) is 5.27. The van der Waals surface area contributed by atoms with Crippen LogP contribution in [0.5, 0.6) is 0 Å². The first-order chi connectivity index (χ1) is 8.04. The Bertz CT molecular complexity index is 516. The molecule has 0 bridgehead atoms. The van der Waals surface area contributed by atoms with Gasteiger partial charge < -0.3 is 9.88 Å². The normalized spacial score (nSPS) is 12.2. The number of nitrogens with one attached hydrogen (secondary N) is 1. The lowest BCUT2D eigenvalue weighted by Crippen LogP contribution is -2.32. The Morgan fingerprint density at radius 3 is 2.88 bits per heavy atom. The van der Waals surface area contributed by atoms with E-state index in [-0.39, 0.29) is 5.41 Å². The molecule has 17 heavy (non-hydrogen) atoms. The van der Waals surface area contributed by atoms with E-state index in [1.807, 2.05) is 17.9 Å². The largest absolute Gasteiger partial charge is 0.334 e. The fraction of sp³-hybridized carbons (Fsp3) is 0.462. The van der Waals surface area contributed by atoms with Gasteiger partial charge >= 0.3 is 0 Å². The Morgan fingerprint density at radius 1 is 1.41 bits per heavy atom. The zero-order valence-electron chi connectivity index (χ0n) is 10.5. The van der Waals surface area contributed by atoms with Crippen molar-refractivity contribution in [2.75, 3.05) is 12.5 Å². The molecule has 2 rings (SSSR count). The molecule has 1 heterocycles. The molecule has 0 radical (unpaired) electrons. The Kier molecular flexibility index (Phi) is 3.40. The molecule has 92 valence electrons. The molecule has 0 aliphatic heterocycles. The third kappa shape index (κ3) is 2.45.